The van der Waals surface area contributed by atoms with Crippen molar-refractivity contribution in [2.45, 2.75) is 20.3 Å². The summed E-state index contributed by atoms with van der Waals surface area (Å²) in [6, 6.07) is 2.00. The van der Waals surface area contributed by atoms with E-state index in [0.717, 1.165) is 10.4 Å². The molecule has 1 aromatic heterocycles. The standard InChI is InChI=1S/C12H12N2O2S2/c1-3-10(15)13-12-14-11(16)9(18-12)6-8-7(2)4-5-17-8/h4-6H,3H2,1-2H3,(H,13,14,15,16)/b9-6-. The van der Waals surface area contributed by atoms with Gasteiger partial charge in [0.2, 0.25) is 5.91 Å². The van der Waals surface area contributed by atoms with E-state index in [4.69, 9.17) is 0 Å². The minimum absolute atomic E-state index is 0.136. The van der Waals surface area contributed by atoms with Crippen LogP contribution in [0.15, 0.2) is 21.3 Å². The molecule has 0 radical (unpaired) electrons. The van der Waals surface area contributed by atoms with Crippen molar-refractivity contribution in [3.63, 3.8) is 0 Å². The van der Waals surface area contributed by atoms with Gasteiger partial charge in [-0.1, -0.05) is 6.92 Å². The molecule has 0 saturated heterocycles. The smallest absolute Gasteiger partial charge is 0.286 e. The van der Waals surface area contributed by atoms with E-state index in [1.54, 1.807) is 18.3 Å². The normalized spacial score (nSPS) is 17.1. The third-order valence-electron chi connectivity index (χ3n) is 2.35. The lowest BCUT2D eigenvalue weighted by Gasteiger charge is -1.99. The molecule has 0 spiro atoms. The second kappa shape index (κ2) is 5.49. The molecule has 94 valence electrons. The average molecular weight is 280 g/mol. The number of amidine groups is 1. The van der Waals surface area contributed by atoms with Crippen molar-refractivity contribution in [1.29, 1.82) is 0 Å². The zero-order valence-corrected chi connectivity index (χ0v) is 11.7. The number of thioether (sulfide) groups is 1. The molecular weight excluding hydrogens is 268 g/mol. The Morgan fingerprint density at radius 2 is 2.33 bits per heavy atom. The summed E-state index contributed by atoms with van der Waals surface area (Å²) in [6.07, 6.45) is 2.19. The summed E-state index contributed by atoms with van der Waals surface area (Å²) in [7, 11) is 0. The Morgan fingerprint density at radius 3 is 2.94 bits per heavy atom. The van der Waals surface area contributed by atoms with E-state index in [2.05, 4.69) is 10.3 Å². The molecule has 2 heterocycles. The van der Waals surface area contributed by atoms with Crippen LogP contribution in [0.4, 0.5) is 0 Å². The van der Waals surface area contributed by atoms with Gasteiger partial charge in [-0.2, -0.15) is 4.99 Å². The highest BCUT2D eigenvalue weighted by molar-refractivity contribution is 8.18. The second-order valence-corrected chi connectivity index (χ2v) is 5.68. The lowest BCUT2D eigenvalue weighted by atomic mass is 10.3. The number of rotatable bonds is 2. The second-order valence-electron chi connectivity index (χ2n) is 3.70. The van der Waals surface area contributed by atoms with Crippen molar-refractivity contribution in [1.82, 2.24) is 5.32 Å². The summed E-state index contributed by atoms with van der Waals surface area (Å²) in [5, 5.41) is 4.95. The molecular formula is C12H12N2O2S2. The van der Waals surface area contributed by atoms with Gasteiger partial charge >= 0.3 is 0 Å². The summed E-state index contributed by atoms with van der Waals surface area (Å²) in [6.45, 7) is 3.75. The van der Waals surface area contributed by atoms with Crippen LogP contribution in [0.25, 0.3) is 6.08 Å². The zero-order valence-electron chi connectivity index (χ0n) is 10.0. The lowest BCUT2D eigenvalue weighted by molar-refractivity contribution is -0.119. The van der Waals surface area contributed by atoms with Gasteiger partial charge in [0.15, 0.2) is 5.17 Å². The van der Waals surface area contributed by atoms with Gasteiger partial charge in [-0.25, -0.2) is 0 Å². The van der Waals surface area contributed by atoms with E-state index in [0.29, 0.717) is 16.5 Å². The van der Waals surface area contributed by atoms with Crippen molar-refractivity contribution < 1.29 is 9.59 Å². The van der Waals surface area contributed by atoms with E-state index in [1.165, 1.54) is 11.8 Å². The predicted molar refractivity (Wildman–Crippen MR) is 75.5 cm³/mol. The number of aliphatic imine (C=N–C) groups is 1. The van der Waals surface area contributed by atoms with Crippen molar-refractivity contribution in [2.24, 2.45) is 4.99 Å². The Morgan fingerprint density at radius 1 is 1.56 bits per heavy atom. The molecule has 1 aliphatic rings. The number of thiophene rings is 1. The molecule has 1 aliphatic heterocycles. The fraction of sp³-hybridized carbons (Fsp3) is 0.250. The van der Waals surface area contributed by atoms with Crippen LogP contribution in [0.2, 0.25) is 0 Å². The monoisotopic (exact) mass is 280 g/mol. The molecule has 0 unspecified atom stereocenters. The SMILES string of the molecule is CCC(=O)NC1=NC(=O)/C(=C/c2sccc2C)S1. The highest BCUT2D eigenvalue weighted by Gasteiger charge is 2.23. The van der Waals surface area contributed by atoms with Gasteiger partial charge < -0.3 is 5.32 Å². The number of hydrogen-bond acceptors (Lipinski definition) is 4. The Hall–Kier alpha value is -1.40. The van der Waals surface area contributed by atoms with Crippen LogP contribution in [0.3, 0.4) is 0 Å². The number of aryl methyl sites for hydroxylation is 1. The average Bonchev–Trinajstić information content (AvgIpc) is 2.87. The molecule has 1 aromatic rings. The Bertz CT molecular complexity index is 558. The van der Waals surface area contributed by atoms with E-state index >= 15 is 0 Å². The largest absolute Gasteiger partial charge is 0.305 e. The summed E-state index contributed by atoms with van der Waals surface area (Å²) in [4.78, 5) is 28.3. The van der Waals surface area contributed by atoms with Crippen LogP contribution >= 0.6 is 23.1 Å². The van der Waals surface area contributed by atoms with Crippen molar-refractivity contribution in [3.05, 3.63) is 26.8 Å². The quantitative estimate of drug-likeness (QED) is 0.847. The molecule has 18 heavy (non-hydrogen) atoms. The Kier molecular flexibility index (Phi) is 3.98. The molecule has 0 fully saturated rings. The number of hydrogen-bond donors (Lipinski definition) is 1. The van der Waals surface area contributed by atoms with Gasteiger partial charge in [-0.15, -0.1) is 11.3 Å². The number of carbonyl (C=O) groups is 2. The number of amides is 2. The van der Waals surface area contributed by atoms with E-state index < -0.39 is 0 Å². The summed E-state index contributed by atoms with van der Waals surface area (Å²) >= 11 is 2.78. The number of nitrogens with one attached hydrogen (secondary N) is 1. The number of nitrogens with zero attached hydrogens (tertiary/aromatic N) is 1. The first kappa shape index (κ1) is 13.0. The minimum atomic E-state index is -0.292. The first-order chi connectivity index (χ1) is 8.60. The molecule has 6 heteroatoms. The Balaban J connectivity index is 2.12. The molecule has 4 nitrogen and oxygen atoms in total. The molecule has 0 atom stereocenters. The molecule has 0 saturated carbocycles. The van der Waals surface area contributed by atoms with Gasteiger partial charge in [0.25, 0.3) is 5.91 Å². The van der Waals surface area contributed by atoms with Gasteiger partial charge in [-0.3, -0.25) is 9.59 Å². The fourth-order valence-electron chi connectivity index (χ4n) is 1.32. The van der Waals surface area contributed by atoms with Gasteiger partial charge in [0, 0.05) is 11.3 Å². The first-order valence-electron chi connectivity index (χ1n) is 5.46. The van der Waals surface area contributed by atoms with Crippen LogP contribution in [0.1, 0.15) is 23.8 Å². The van der Waals surface area contributed by atoms with Crippen LogP contribution in [0, 0.1) is 6.92 Å². The van der Waals surface area contributed by atoms with Crippen molar-refractivity contribution in [3.8, 4) is 0 Å². The van der Waals surface area contributed by atoms with E-state index in [1.807, 2.05) is 24.4 Å². The summed E-state index contributed by atoms with van der Waals surface area (Å²) in [5.74, 6) is -0.429. The maximum Gasteiger partial charge on any atom is 0.286 e. The third-order valence-corrected chi connectivity index (χ3v) is 4.22. The van der Waals surface area contributed by atoms with Crippen LogP contribution < -0.4 is 5.32 Å². The van der Waals surface area contributed by atoms with Gasteiger partial charge in [-0.05, 0) is 41.8 Å². The molecule has 0 aliphatic carbocycles. The first-order valence-corrected chi connectivity index (χ1v) is 7.16. The van der Waals surface area contributed by atoms with Gasteiger partial charge in [0.1, 0.15) is 0 Å². The Labute approximate surface area is 113 Å². The lowest BCUT2D eigenvalue weighted by Crippen LogP contribution is -2.26. The van der Waals surface area contributed by atoms with E-state index in [-0.39, 0.29) is 11.8 Å². The minimum Gasteiger partial charge on any atom is -0.305 e. The fourth-order valence-corrected chi connectivity index (χ4v) is 3.07. The molecule has 2 amide bonds. The summed E-state index contributed by atoms with van der Waals surface area (Å²) < 4.78 is 0. The molecule has 0 bridgehead atoms. The maximum absolute atomic E-state index is 11.7. The van der Waals surface area contributed by atoms with Crippen LogP contribution in [0.5, 0.6) is 0 Å². The van der Waals surface area contributed by atoms with Crippen LogP contribution in [-0.4, -0.2) is 17.0 Å². The predicted octanol–water partition coefficient (Wildman–Crippen LogP) is 2.55. The van der Waals surface area contributed by atoms with Gasteiger partial charge in [0.05, 0.1) is 4.91 Å². The van der Waals surface area contributed by atoms with Crippen molar-refractivity contribution >= 4 is 46.2 Å². The highest BCUT2D eigenvalue weighted by atomic mass is 32.2. The van der Waals surface area contributed by atoms with Crippen LogP contribution in [-0.2, 0) is 9.59 Å². The molecule has 1 N–H and O–H groups in total. The van der Waals surface area contributed by atoms with E-state index in [9.17, 15) is 9.59 Å². The summed E-state index contributed by atoms with van der Waals surface area (Å²) in [5.41, 5.74) is 1.13. The maximum atomic E-state index is 11.7. The molecule has 2 rings (SSSR count). The zero-order chi connectivity index (χ0) is 13.1. The highest BCUT2D eigenvalue weighted by Crippen LogP contribution is 2.29. The van der Waals surface area contributed by atoms with Crippen molar-refractivity contribution in [2.75, 3.05) is 0 Å². The number of carbonyl (C=O) groups excluding carboxylic acids is 2. The molecule has 0 aromatic carbocycles. The third kappa shape index (κ3) is 2.88. The topological polar surface area (TPSA) is 58.5 Å².